The summed E-state index contributed by atoms with van der Waals surface area (Å²) in [6.07, 6.45) is 1.59. The summed E-state index contributed by atoms with van der Waals surface area (Å²) >= 11 is 1.71. The molecule has 2 rings (SSSR count). The van der Waals surface area contributed by atoms with Crippen molar-refractivity contribution in [2.24, 2.45) is 5.92 Å². The Bertz CT molecular complexity index is 542. The zero-order valence-corrected chi connectivity index (χ0v) is 14.9. The Hall–Kier alpha value is -0.720. The van der Waals surface area contributed by atoms with Crippen LogP contribution in [0.4, 0.5) is 0 Å². The molecule has 6 heteroatoms. The van der Waals surface area contributed by atoms with E-state index in [2.05, 4.69) is 38.2 Å². The summed E-state index contributed by atoms with van der Waals surface area (Å²) in [5, 5.41) is 3.46. The van der Waals surface area contributed by atoms with E-state index >= 15 is 0 Å². The first-order chi connectivity index (χ1) is 9.81. The number of nitrogens with one attached hydrogen (secondary N) is 1. The largest absolute Gasteiger partial charge is 0.317 e. The molecule has 1 aliphatic heterocycles. The summed E-state index contributed by atoms with van der Waals surface area (Å²) in [7, 11) is -0.913. The molecule has 1 N–H and O–H groups in total. The molecule has 1 saturated heterocycles. The summed E-state index contributed by atoms with van der Waals surface area (Å²) in [4.78, 5) is 17.0. The van der Waals surface area contributed by atoms with E-state index in [9.17, 15) is 9.00 Å². The highest BCUT2D eigenvalue weighted by molar-refractivity contribution is 7.84. The van der Waals surface area contributed by atoms with Gasteiger partial charge in [0.25, 0.3) is 0 Å². The highest BCUT2D eigenvalue weighted by Gasteiger charge is 2.43. The van der Waals surface area contributed by atoms with Crippen molar-refractivity contribution in [2.75, 3.05) is 12.0 Å². The van der Waals surface area contributed by atoms with Gasteiger partial charge in [-0.15, -0.1) is 11.3 Å². The highest BCUT2D eigenvalue weighted by atomic mass is 32.2. The molecule has 1 aromatic heterocycles. The van der Waals surface area contributed by atoms with Crippen LogP contribution in [0.3, 0.4) is 0 Å². The number of nitrogens with zero attached hydrogens (tertiary/aromatic N) is 1. The van der Waals surface area contributed by atoms with E-state index in [1.165, 1.54) is 4.88 Å². The zero-order valence-electron chi connectivity index (χ0n) is 13.3. The second-order valence-electron chi connectivity index (χ2n) is 6.07. The summed E-state index contributed by atoms with van der Waals surface area (Å²) < 4.78 is 11.5. The molecule has 0 saturated carbocycles. The number of carbonyl (C=O) groups excluding carboxylic acids is 1. The molecule has 1 fully saturated rings. The SMILES string of the molecule is Cc1ccc(C2NC(C(C)C)C(=O)N2C(C)CS(C)=O)s1. The van der Waals surface area contributed by atoms with Gasteiger partial charge in [0.2, 0.25) is 5.91 Å². The lowest BCUT2D eigenvalue weighted by atomic mass is 10.0. The predicted octanol–water partition coefficient (Wildman–Crippen LogP) is 2.28. The van der Waals surface area contributed by atoms with E-state index in [-0.39, 0.29) is 30.1 Å². The average Bonchev–Trinajstić information content (AvgIpc) is 2.91. The lowest BCUT2D eigenvalue weighted by molar-refractivity contribution is -0.132. The third kappa shape index (κ3) is 3.55. The third-order valence-corrected chi connectivity index (χ3v) is 5.79. The molecule has 21 heavy (non-hydrogen) atoms. The topological polar surface area (TPSA) is 49.4 Å². The molecule has 0 aliphatic carbocycles. The molecule has 118 valence electrons. The van der Waals surface area contributed by atoms with E-state index in [1.54, 1.807) is 17.6 Å². The van der Waals surface area contributed by atoms with Crippen molar-refractivity contribution in [3.63, 3.8) is 0 Å². The van der Waals surface area contributed by atoms with Crippen LogP contribution in [0.5, 0.6) is 0 Å². The van der Waals surface area contributed by atoms with Crippen LogP contribution in [0, 0.1) is 12.8 Å². The third-order valence-electron chi connectivity index (χ3n) is 3.78. The van der Waals surface area contributed by atoms with Crippen molar-refractivity contribution >= 4 is 28.0 Å². The number of rotatable bonds is 5. The van der Waals surface area contributed by atoms with Crippen LogP contribution in [0.25, 0.3) is 0 Å². The second kappa shape index (κ2) is 6.58. The summed E-state index contributed by atoms with van der Waals surface area (Å²) in [6.45, 7) is 8.16. The number of carbonyl (C=O) groups is 1. The van der Waals surface area contributed by atoms with E-state index in [1.807, 2.05) is 11.8 Å². The monoisotopic (exact) mass is 328 g/mol. The smallest absolute Gasteiger partial charge is 0.241 e. The van der Waals surface area contributed by atoms with Crippen molar-refractivity contribution < 1.29 is 9.00 Å². The summed E-state index contributed by atoms with van der Waals surface area (Å²) in [5.41, 5.74) is 0. The van der Waals surface area contributed by atoms with Gasteiger partial charge in [0.15, 0.2) is 0 Å². The maximum atomic E-state index is 12.7. The van der Waals surface area contributed by atoms with Crippen LogP contribution in [0.1, 0.15) is 36.7 Å². The molecule has 1 aromatic rings. The van der Waals surface area contributed by atoms with Gasteiger partial charge in [-0.25, -0.2) is 0 Å². The Labute approximate surface area is 133 Å². The normalized spacial score (nSPS) is 25.6. The maximum Gasteiger partial charge on any atom is 0.241 e. The molecule has 1 amide bonds. The molecule has 0 radical (unpaired) electrons. The van der Waals surface area contributed by atoms with Crippen LogP contribution in [-0.4, -0.2) is 39.1 Å². The van der Waals surface area contributed by atoms with Gasteiger partial charge in [-0.05, 0) is 31.9 Å². The van der Waals surface area contributed by atoms with E-state index in [4.69, 9.17) is 0 Å². The van der Waals surface area contributed by atoms with Gasteiger partial charge in [0, 0.05) is 38.6 Å². The van der Waals surface area contributed by atoms with Crippen molar-refractivity contribution in [1.82, 2.24) is 10.2 Å². The Morgan fingerprint density at radius 2 is 2.05 bits per heavy atom. The number of thiophene rings is 1. The van der Waals surface area contributed by atoms with Gasteiger partial charge < -0.3 is 4.90 Å². The Morgan fingerprint density at radius 3 is 2.52 bits per heavy atom. The Morgan fingerprint density at radius 1 is 1.38 bits per heavy atom. The number of hydrogen-bond acceptors (Lipinski definition) is 4. The minimum atomic E-state index is -0.913. The van der Waals surface area contributed by atoms with Gasteiger partial charge in [0.05, 0.1) is 6.04 Å². The van der Waals surface area contributed by atoms with E-state index in [0.717, 1.165) is 4.88 Å². The van der Waals surface area contributed by atoms with Crippen LogP contribution in [0.15, 0.2) is 12.1 Å². The summed E-state index contributed by atoms with van der Waals surface area (Å²) in [6, 6.07) is 3.96. The van der Waals surface area contributed by atoms with Gasteiger partial charge in [-0.1, -0.05) is 13.8 Å². The molecular weight excluding hydrogens is 304 g/mol. The first-order valence-corrected chi connectivity index (χ1v) is 9.80. The van der Waals surface area contributed by atoms with E-state index < -0.39 is 10.8 Å². The van der Waals surface area contributed by atoms with Crippen molar-refractivity contribution in [3.05, 3.63) is 21.9 Å². The molecule has 0 aromatic carbocycles. The minimum absolute atomic E-state index is 0.0352. The molecule has 0 bridgehead atoms. The second-order valence-corrected chi connectivity index (χ2v) is 8.87. The molecule has 1 aliphatic rings. The Kier molecular flexibility index (Phi) is 5.22. The number of aryl methyl sites for hydroxylation is 1. The first kappa shape index (κ1) is 16.6. The molecular formula is C15H24N2O2S2. The van der Waals surface area contributed by atoms with Gasteiger partial charge >= 0.3 is 0 Å². The predicted molar refractivity (Wildman–Crippen MR) is 88.8 cm³/mol. The molecule has 4 nitrogen and oxygen atoms in total. The summed E-state index contributed by atoms with van der Waals surface area (Å²) in [5.74, 6) is 0.878. The molecule has 4 unspecified atom stereocenters. The maximum absolute atomic E-state index is 12.7. The first-order valence-electron chi connectivity index (χ1n) is 7.25. The van der Waals surface area contributed by atoms with Gasteiger partial charge in [0.1, 0.15) is 6.17 Å². The van der Waals surface area contributed by atoms with Gasteiger partial charge in [-0.3, -0.25) is 14.3 Å². The quantitative estimate of drug-likeness (QED) is 0.902. The number of hydrogen-bond donors (Lipinski definition) is 1. The van der Waals surface area contributed by atoms with Gasteiger partial charge in [-0.2, -0.15) is 0 Å². The van der Waals surface area contributed by atoms with E-state index in [0.29, 0.717) is 5.75 Å². The van der Waals surface area contributed by atoms with Crippen LogP contribution < -0.4 is 5.32 Å². The Balaban J connectivity index is 2.31. The minimum Gasteiger partial charge on any atom is -0.317 e. The highest BCUT2D eigenvalue weighted by Crippen LogP contribution is 2.33. The zero-order chi connectivity index (χ0) is 15.7. The average molecular weight is 329 g/mol. The number of amides is 1. The van der Waals surface area contributed by atoms with Crippen molar-refractivity contribution in [3.8, 4) is 0 Å². The molecule has 0 spiro atoms. The van der Waals surface area contributed by atoms with Crippen LogP contribution >= 0.6 is 11.3 Å². The van der Waals surface area contributed by atoms with Crippen LogP contribution in [-0.2, 0) is 15.6 Å². The fourth-order valence-corrected chi connectivity index (χ4v) is 4.58. The lowest BCUT2D eigenvalue weighted by Gasteiger charge is -2.29. The van der Waals surface area contributed by atoms with Crippen molar-refractivity contribution in [1.29, 1.82) is 0 Å². The fraction of sp³-hybridized carbons (Fsp3) is 0.667. The molecule has 2 heterocycles. The van der Waals surface area contributed by atoms with Crippen molar-refractivity contribution in [2.45, 2.75) is 45.9 Å². The standard InChI is InChI=1S/C15H24N2O2S2/c1-9(2)13-15(18)17(10(3)8-21(5)19)14(16-13)12-7-6-11(4)20-12/h6-7,9-10,13-14,16H,8H2,1-5H3. The fourth-order valence-electron chi connectivity index (χ4n) is 2.80. The van der Waals surface area contributed by atoms with Crippen LogP contribution in [0.2, 0.25) is 0 Å². The lowest BCUT2D eigenvalue weighted by Crippen LogP contribution is -2.41. The molecule has 4 atom stereocenters.